The predicted octanol–water partition coefficient (Wildman–Crippen LogP) is 4.54. The number of nitrogens with two attached hydrogens (primary N) is 1. The summed E-state index contributed by atoms with van der Waals surface area (Å²) in [6.45, 7) is 2.08. The molecule has 3 nitrogen and oxygen atoms in total. The molecule has 4 rings (SSSR count). The fourth-order valence-corrected chi connectivity index (χ4v) is 2.80. The highest BCUT2D eigenvalue weighted by molar-refractivity contribution is 6.12. The van der Waals surface area contributed by atoms with E-state index in [9.17, 15) is 0 Å². The fraction of sp³-hybridized carbons (Fsp3) is 0.0556. The Bertz CT molecular complexity index is 969. The van der Waals surface area contributed by atoms with Crippen LogP contribution in [0.15, 0.2) is 59.0 Å². The number of aryl methyl sites for hydroxylation is 1. The molecular formula is C18H14N2O. The Morgan fingerprint density at radius 2 is 1.71 bits per heavy atom. The van der Waals surface area contributed by atoms with Gasteiger partial charge in [0.15, 0.2) is 0 Å². The van der Waals surface area contributed by atoms with E-state index in [2.05, 4.69) is 30.1 Å². The number of hydrogen-bond acceptors (Lipinski definition) is 3. The molecule has 21 heavy (non-hydrogen) atoms. The average molecular weight is 274 g/mol. The zero-order valence-electron chi connectivity index (χ0n) is 11.6. The first-order valence-electron chi connectivity index (χ1n) is 6.88. The average Bonchev–Trinajstić information content (AvgIpc) is 2.85. The van der Waals surface area contributed by atoms with Crippen molar-refractivity contribution >= 4 is 27.8 Å². The van der Waals surface area contributed by atoms with Gasteiger partial charge in [0.05, 0.1) is 11.1 Å². The maximum absolute atomic E-state index is 5.96. The largest absolute Gasteiger partial charge is 0.456 e. The summed E-state index contributed by atoms with van der Waals surface area (Å²) in [5, 5.41) is 2.09. The lowest BCUT2D eigenvalue weighted by molar-refractivity contribution is 0.669. The van der Waals surface area contributed by atoms with E-state index in [-0.39, 0.29) is 0 Å². The van der Waals surface area contributed by atoms with Gasteiger partial charge in [-0.05, 0) is 18.6 Å². The molecular weight excluding hydrogens is 260 g/mol. The van der Waals surface area contributed by atoms with Gasteiger partial charge in [0, 0.05) is 17.0 Å². The van der Waals surface area contributed by atoms with Crippen LogP contribution in [0.4, 0.5) is 5.82 Å². The molecule has 2 N–H and O–H groups in total. The van der Waals surface area contributed by atoms with Crippen molar-refractivity contribution in [3.05, 3.63) is 60.2 Å². The number of anilines is 1. The number of nitrogens with zero attached hydrogens (tertiary/aromatic N) is 1. The molecule has 0 bridgehead atoms. The smallest absolute Gasteiger partial charge is 0.141 e. The Balaban J connectivity index is 2.20. The van der Waals surface area contributed by atoms with Crippen LogP contribution in [0.3, 0.4) is 0 Å². The Morgan fingerprint density at radius 3 is 2.57 bits per heavy atom. The van der Waals surface area contributed by atoms with E-state index in [1.54, 1.807) is 6.07 Å². The summed E-state index contributed by atoms with van der Waals surface area (Å²) in [5.41, 5.74) is 10.7. The SMILES string of the molecule is Cc1ccccc1-c1nc(N)cc2oc3ccccc3c12. The fourth-order valence-electron chi connectivity index (χ4n) is 2.80. The number of rotatable bonds is 1. The first kappa shape index (κ1) is 12.0. The van der Waals surface area contributed by atoms with E-state index < -0.39 is 0 Å². The van der Waals surface area contributed by atoms with Gasteiger partial charge in [0.25, 0.3) is 0 Å². The van der Waals surface area contributed by atoms with Crippen molar-refractivity contribution in [2.75, 3.05) is 5.73 Å². The molecule has 2 aromatic heterocycles. The van der Waals surface area contributed by atoms with Crippen LogP contribution in [0.25, 0.3) is 33.2 Å². The number of aromatic nitrogens is 1. The van der Waals surface area contributed by atoms with Gasteiger partial charge in [-0.3, -0.25) is 0 Å². The Morgan fingerprint density at radius 1 is 0.952 bits per heavy atom. The normalized spacial score (nSPS) is 11.3. The van der Waals surface area contributed by atoms with Crippen LogP contribution in [-0.4, -0.2) is 4.98 Å². The molecule has 0 atom stereocenters. The van der Waals surface area contributed by atoms with Gasteiger partial charge in [0.2, 0.25) is 0 Å². The highest BCUT2D eigenvalue weighted by atomic mass is 16.3. The van der Waals surface area contributed by atoms with Gasteiger partial charge in [-0.2, -0.15) is 0 Å². The van der Waals surface area contributed by atoms with Crippen LogP contribution < -0.4 is 5.73 Å². The Labute approximate surface area is 122 Å². The zero-order chi connectivity index (χ0) is 14.4. The minimum absolute atomic E-state index is 0.472. The quantitative estimate of drug-likeness (QED) is 0.554. The van der Waals surface area contributed by atoms with Gasteiger partial charge in [-0.25, -0.2) is 4.98 Å². The predicted molar refractivity (Wildman–Crippen MR) is 86.1 cm³/mol. The Kier molecular flexibility index (Phi) is 2.48. The lowest BCUT2D eigenvalue weighted by atomic mass is 10.0. The van der Waals surface area contributed by atoms with E-state index in [0.717, 1.165) is 33.2 Å². The van der Waals surface area contributed by atoms with E-state index in [4.69, 9.17) is 10.2 Å². The molecule has 2 heterocycles. The molecule has 0 aliphatic rings. The maximum atomic E-state index is 5.96. The molecule has 3 heteroatoms. The summed E-state index contributed by atoms with van der Waals surface area (Å²) in [4.78, 5) is 4.57. The second-order valence-corrected chi connectivity index (χ2v) is 5.18. The molecule has 0 unspecified atom stereocenters. The van der Waals surface area contributed by atoms with Crippen molar-refractivity contribution in [2.24, 2.45) is 0 Å². The van der Waals surface area contributed by atoms with Crippen molar-refractivity contribution < 1.29 is 4.42 Å². The number of hydrogen-bond donors (Lipinski definition) is 1. The molecule has 2 aromatic carbocycles. The lowest BCUT2D eigenvalue weighted by Crippen LogP contribution is -1.94. The second-order valence-electron chi connectivity index (χ2n) is 5.18. The summed E-state index contributed by atoms with van der Waals surface area (Å²) in [7, 11) is 0. The van der Waals surface area contributed by atoms with Gasteiger partial charge < -0.3 is 10.2 Å². The van der Waals surface area contributed by atoms with Crippen LogP contribution in [0, 0.1) is 6.92 Å². The minimum Gasteiger partial charge on any atom is -0.456 e. The molecule has 0 amide bonds. The molecule has 102 valence electrons. The van der Waals surface area contributed by atoms with Crippen molar-refractivity contribution in [1.82, 2.24) is 4.98 Å². The van der Waals surface area contributed by atoms with E-state index >= 15 is 0 Å². The van der Waals surface area contributed by atoms with Gasteiger partial charge in [-0.1, -0.05) is 42.5 Å². The third-order valence-corrected chi connectivity index (χ3v) is 3.78. The second kappa shape index (κ2) is 4.35. The maximum Gasteiger partial charge on any atom is 0.141 e. The third kappa shape index (κ3) is 1.78. The molecule has 0 aliphatic heterocycles. The number of nitrogen functional groups attached to an aromatic ring is 1. The minimum atomic E-state index is 0.472. The first-order valence-corrected chi connectivity index (χ1v) is 6.88. The zero-order valence-corrected chi connectivity index (χ0v) is 11.6. The van der Waals surface area contributed by atoms with Gasteiger partial charge in [-0.15, -0.1) is 0 Å². The van der Waals surface area contributed by atoms with Crippen LogP contribution >= 0.6 is 0 Å². The number of furan rings is 1. The van der Waals surface area contributed by atoms with Crippen molar-refractivity contribution in [3.63, 3.8) is 0 Å². The lowest BCUT2D eigenvalue weighted by Gasteiger charge is -2.07. The summed E-state index contributed by atoms with van der Waals surface area (Å²) in [6.07, 6.45) is 0. The van der Waals surface area contributed by atoms with Crippen LogP contribution in [0.1, 0.15) is 5.56 Å². The molecule has 0 saturated carbocycles. The summed E-state index contributed by atoms with van der Waals surface area (Å²) >= 11 is 0. The summed E-state index contributed by atoms with van der Waals surface area (Å²) < 4.78 is 5.92. The van der Waals surface area contributed by atoms with Crippen LogP contribution in [-0.2, 0) is 0 Å². The molecule has 0 spiro atoms. The Hall–Kier alpha value is -2.81. The van der Waals surface area contributed by atoms with Gasteiger partial charge >= 0.3 is 0 Å². The molecule has 0 aliphatic carbocycles. The molecule has 0 saturated heterocycles. The van der Waals surface area contributed by atoms with E-state index in [1.165, 1.54) is 5.56 Å². The molecule has 0 radical (unpaired) electrons. The van der Waals surface area contributed by atoms with E-state index in [1.807, 2.05) is 30.3 Å². The van der Waals surface area contributed by atoms with Crippen LogP contribution in [0.5, 0.6) is 0 Å². The monoisotopic (exact) mass is 274 g/mol. The number of pyridine rings is 1. The topological polar surface area (TPSA) is 52.0 Å². The van der Waals surface area contributed by atoms with Crippen molar-refractivity contribution in [2.45, 2.75) is 6.92 Å². The highest BCUT2D eigenvalue weighted by Gasteiger charge is 2.15. The molecule has 0 fully saturated rings. The van der Waals surface area contributed by atoms with Gasteiger partial charge in [0.1, 0.15) is 17.0 Å². The summed E-state index contributed by atoms with van der Waals surface area (Å²) in [5.74, 6) is 0.472. The van der Waals surface area contributed by atoms with Crippen molar-refractivity contribution in [3.8, 4) is 11.3 Å². The highest BCUT2D eigenvalue weighted by Crippen LogP contribution is 2.37. The molecule has 4 aromatic rings. The number of para-hydroxylation sites is 1. The number of benzene rings is 2. The van der Waals surface area contributed by atoms with Crippen LogP contribution in [0.2, 0.25) is 0 Å². The summed E-state index contributed by atoms with van der Waals surface area (Å²) in [6, 6.07) is 18.0. The van der Waals surface area contributed by atoms with Crippen molar-refractivity contribution in [1.29, 1.82) is 0 Å². The number of fused-ring (bicyclic) bond motifs is 3. The standard InChI is InChI=1S/C18H14N2O/c1-11-6-2-3-7-12(11)18-17-13-8-4-5-9-14(13)21-15(17)10-16(19)20-18/h2-10H,1H3,(H2,19,20). The third-order valence-electron chi connectivity index (χ3n) is 3.78. The van der Waals surface area contributed by atoms with E-state index in [0.29, 0.717) is 5.82 Å². The first-order chi connectivity index (χ1) is 10.2.